The summed E-state index contributed by atoms with van der Waals surface area (Å²) in [5.41, 5.74) is 1.18. The molecule has 6 heteroatoms. The van der Waals surface area contributed by atoms with E-state index in [4.69, 9.17) is 10.2 Å². The van der Waals surface area contributed by atoms with Gasteiger partial charge in [0.25, 0.3) is 5.92 Å². The molecule has 120 valence electrons. The van der Waals surface area contributed by atoms with Crippen molar-refractivity contribution in [2.24, 2.45) is 11.8 Å². The summed E-state index contributed by atoms with van der Waals surface area (Å²) in [5.74, 6) is -4.22. The van der Waals surface area contributed by atoms with Gasteiger partial charge >= 0.3 is 0 Å². The van der Waals surface area contributed by atoms with Gasteiger partial charge in [-0.2, -0.15) is 0 Å². The molecule has 0 saturated carbocycles. The van der Waals surface area contributed by atoms with E-state index in [2.05, 4.69) is 5.32 Å². The fourth-order valence-electron chi connectivity index (χ4n) is 3.67. The van der Waals surface area contributed by atoms with Crippen LogP contribution in [0.25, 0.3) is 0 Å². The molecular formula is C16H19F2NO3. The van der Waals surface area contributed by atoms with E-state index >= 15 is 0 Å². The number of hydrogen-bond donors (Lipinski definition) is 3. The van der Waals surface area contributed by atoms with E-state index in [0.717, 1.165) is 0 Å². The van der Waals surface area contributed by atoms with E-state index < -0.39 is 24.0 Å². The Hall–Kier alpha value is -1.53. The number of nitrogens with one attached hydrogen (secondary N) is 1. The molecule has 0 heterocycles. The Bertz CT molecular complexity index is 578. The smallest absolute Gasteiger partial charge is 0.273 e. The Morgan fingerprint density at radius 3 is 2.91 bits per heavy atom. The van der Waals surface area contributed by atoms with Crippen molar-refractivity contribution in [3.05, 3.63) is 34.9 Å². The number of rotatable bonds is 3. The average molecular weight is 311 g/mol. The van der Waals surface area contributed by atoms with Gasteiger partial charge in [0, 0.05) is 23.0 Å². The van der Waals surface area contributed by atoms with Gasteiger partial charge in [-0.1, -0.05) is 12.2 Å². The van der Waals surface area contributed by atoms with E-state index in [1.54, 1.807) is 6.08 Å². The molecule has 0 saturated heterocycles. The van der Waals surface area contributed by atoms with Gasteiger partial charge in [0.1, 0.15) is 0 Å². The van der Waals surface area contributed by atoms with E-state index in [1.807, 2.05) is 12.2 Å². The Labute approximate surface area is 127 Å². The van der Waals surface area contributed by atoms with Gasteiger partial charge in [-0.3, -0.25) is 4.79 Å². The van der Waals surface area contributed by atoms with Crippen molar-refractivity contribution in [3.63, 3.8) is 0 Å². The van der Waals surface area contributed by atoms with Crippen LogP contribution < -0.4 is 5.32 Å². The summed E-state index contributed by atoms with van der Waals surface area (Å²) >= 11 is 0. The highest BCUT2D eigenvalue weighted by Gasteiger charge is 2.54. The van der Waals surface area contributed by atoms with Gasteiger partial charge in [-0.05, 0) is 37.3 Å². The van der Waals surface area contributed by atoms with Gasteiger partial charge in [-0.15, -0.1) is 0 Å². The maximum Gasteiger partial charge on any atom is 0.273 e. The molecule has 1 amide bonds. The molecule has 0 fully saturated rings. The molecule has 3 rings (SSSR count). The number of hydrogen-bond acceptors (Lipinski definition) is 3. The Kier molecular flexibility index (Phi) is 3.91. The molecule has 0 spiro atoms. The lowest BCUT2D eigenvalue weighted by atomic mass is 9.81. The summed E-state index contributed by atoms with van der Waals surface area (Å²) in [6, 6.07) is 0. The molecule has 3 aliphatic carbocycles. The predicted octanol–water partition coefficient (Wildman–Crippen LogP) is 1.66. The second-order valence-electron chi connectivity index (χ2n) is 6.05. The molecular weight excluding hydrogens is 292 g/mol. The Balaban J connectivity index is 1.86. The molecule has 2 unspecified atom stereocenters. The third kappa shape index (κ3) is 2.50. The fourth-order valence-corrected chi connectivity index (χ4v) is 3.67. The van der Waals surface area contributed by atoms with Crippen LogP contribution in [0.15, 0.2) is 34.9 Å². The zero-order valence-corrected chi connectivity index (χ0v) is 12.1. The van der Waals surface area contributed by atoms with Gasteiger partial charge < -0.3 is 15.5 Å². The first-order valence-electron chi connectivity index (χ1n) is 7.54. The third-order valence-electron chi connectivity index (χ3n) is 4.71. The van der Waals surface area contributed by atoms with Crippen LogP contribution in [0.3, 0.4) is 0 Å². The quantitative estimate of drug-likeness (QED) is 0.548. The first-order valence-corrected chi connectivity index (χ1v) is 7.54. The van der Waals surface area contributed by atoms with Crippen molar-refractivity contribution >= 4 is 5.91 Å². The number of aliphatic hydroxyl groups is 2. The molecule has 3 aliphatic rings. The third-order valence-corrected chi connectivity index (χ3v) is 4.71. The number of amides is 1. The lowest BCUT2D eigenvalue weighted by Crippen LogP contribution is -2.33. The van der Waals surface area contributed by atoms with Crippen molar-refractivity contribution in [2.75, 3.05) is 6.54 Å². The number of aliphatic hydroxyl groups excluding tert-OH is 1. The summed E-state index contributed by atoms with van der Waals surface area (Å²) in [7, 11) is 0. The Morgan fingerprint density at radius 1 is 1.41 bits per heavy atom. The van der Waals surface area contributed by atoms with Gasteiger partial charge in [0.2, 0.25) is 5.91 Å². The molecule has 0 aromatic rings. The van der Waals surface area contributed by atoms with Crippen molar-refractivity contribution < 1.29 is 23.8 Å². The van der Waals surface area contributed by atoms with Crippen LogP contribution in [0, 0.1) is 11.8 Å². The van der Waals surface area contributed by atoms with Crippen LogP contribution in [-0.4, -0.2) is 34.9 Å². The fraction of sp³-hybridized carbons (Fsp3) is 0.562. The summed E-state index contributed by atoms with van der Waals surface area (Å²) in [6.07, 6.45) is 5.29. The molecule has 0 bridgehead atoms. The van der Waals surface area contributed by atoms with Crippen molar-refractivity contribution in [1.82, 2.24) is 5.32 Å². The molecule has 2 atom stereocenters. The van der Waals surface area contributed by atoms with Gasteiger partial charge in [-0.25, -0.2) is 8.78 Å². The van der Waals surface area contributed by atoms with Crippen LogP contribution in [-0.2, 0) is 4.79 Å². The highest BCUT2D eigenvalue weighted by atomic mass is 19.3. The summed E-state index contributed by atoms with van der Waals surface area (Å²) < 4.78 is 29.0. The van der Waals surface area contributed by atoms with Gasteiger partial charge in [0.15, 0.2) is 6.29 Å². The lowest BCUT2D eigenvalue weighted by molar-refractivity contribution is -0.120. The number of halogens is 2. The maximum absolute atomic E-state index is 14.5. The number of fused-ring (bicyclic) bond motifs is 2. The minimum Gasteiger partial charge on any atom is -0.367 e. The lowest BCUT2D eigenvalue weighted by Gasteiger charge is -2.27. The number of carbonyl (C=O) groups is 1. The number of allylic oxidation sites excluding steroid dienone is 5. The summed E-state index contributed by atoms with van der Waals surface area (Å²) in [5, 5.41) is 19.9. The SMILES string of the molecule is O=C(NCC(O)O)C1=CC2=C(CC1)C(F)(F)C1CCC=CC21. The largest absolute Gasteiger partial charge is 0.367 e. The van der Waals surface area contributed by atoms with Crippen LogP contribution in [0.4, 0.5) is 8.78 Å². The first-order chi connectivity index (χ1) is 10.4. The monoisotopic (exact) mass is 311 g/mol. The molecule has 4 nitrogen and oxygen atoms in total. The van der Waals surface area contributed by atoms with Crippen LogP contribution in [0.2, 0.25) is 0 Å². The molecule has 0 aromatic heterocycles. The van der Waals surface area contributed by atoms with E-state index in [-0.39, 0.29) is 30.9 Å². The van der Waals surface area contributed by atoms with E-state index in [0.29, 0.717) is 24.0 Å². The first kappa shape index (κ1) is 15.4. The summed E-state index contributed by atoms with van der Waals surface area (Å²) in [4.78, 5) is 12.0. The number of alkyl halides is 2. The molecule has 22 heavy (non-hydrogen) atoms. The van der Waals surface area contributed by atoms with Crippen molar-refractivity contribution in [3.8, 4) is 0 Å². The van der Waals surface area contributed by atoms with Crippen molar-refractivity contribution in [2.45, 2.75) is 37.9 Å². The highest BCUT2D eigenvalue weighted by molar-refractivity contribution is 5.94. The van der Waals surface area contributed by atoms with Crippen LogP contribution in [0.1, 0.15) is 25.7 Å². The second-order valence-corrected chi connectivity index (χ2v) is 6.05. The van der Waals surface area contributed by atoms with Crippen LogP contribution >= 0.6 is 0 Å². The molecule has 0 radical (unpaired) electrons. The molecule has 3 N–H and O–H groups in total. The maximum atomic E-state index is 14.5. The predicted molar refractivity (Wildman–Crippen MR) is 75.9 cm³/mol. The van der Waals surface area contributed by atoms with Crippen LogP contribution in [0.5, 0.6) is 0 Å². The minimum atomic E-state index is -2.79. The standard InChI is InChI=1S/C16H19F2NO3/c17-16(18)12-4-2-1-3-10(12)11-7-9(5-6-13(11)16)15(22)19-8-14(20)21/h1,3,7,10,12,14,20-21H,2,4-6,8H2,(H,19,22). The van der Waals surface area contributed by atoms with Gasteiger partial charge in [0.05, 0.1) is 6.54 Å². The Morgan fingerprint density at radius 2 is 2.18 bits per heavy atom. The summed E-state index contributed by atoms with van der Waals surface area (Å²) in [6.45, 7) is -0.274. The molecule has 0 aliphatic heterocycles. The normalized spacial score (nSPS) is 29.2. The second kappa shape index (κ2) is 5.59. The zero-order valence-electron chi connectivity index (χ0n) is 12.1. The van der Waals surface area contributed by atoms with E-state index in [1.165, 1.54) is 0 Å². The minimum absolute atomic E-state index is 0.174. The number of carbonyl (C=O) groups excluding carboxylic acids is 1. The molecule has 0 aromatic carbocycles. The van der Waals surface area contributed by atoms with E-state index in [9.17, 15) is 13.6 Å². The van der Waals surface area contributed by atoms with Crippen molar-refractivity contribution in [1.29, 1.82) is 0 Å². The highest BCUT2D eigenvalue weighted by Crippen LogP contribution is 2.55. The zero-order chi connectivity index (χ0) is 15.9. The average Bonchev–Trinajstić information content (AvgIpc) is 2.73. The topological polar surface area (TPSA) is 69.6 Å².